The molecule has 2 atom stereocenters. The fourth-order valence-electron chi connectivity index (χ4n) is 4.84. The van der Waals surface area contributed by atoms with Gasteiger partial charge in [-0.2, -0.15) is 9.97 Å². The minimum Gasteiger partial charge on any atom is -0.507 e. The quantitative estimate of drug-likeness (QED) is 0.526. The summed E-state index contributed by atoms with van der Waals surface area (Å²) in [5.74, 6) is -0.876. The van der Waals surface area contributed by atoms with Crippen molar-refractivity contribution in [3.05, 3.63) is 35.9 Å². The second-order valence-electron chi connectivity index (χ2n) is 9.10. The fraction of sp³-hybridized carbons (Fsp3) is 0.458. The Morgan fingerprint density at radius 1 is 1.18 bits per heavy atom. The summed E-state index contributed by atoms with van der Waals surface area (Å²) in [7, 11) is 2.10. The van der Waals surface area contributed by atoms with Crippen LogP contribution in [0.5, 0.6) is 5.75 Å². The maximum Gasteiger partial charge on any atom is 0.226 e. The number of hydrogen-bond acceptors (Lipinski definition) is 8. The van der Waals surface area contributed by atoms with Crippen LogP contribution in [0.25, 0.3) is 22.3 Å². The molecule has 3 aromatic rings. The first-order chi connectivity index (χ1) is 16.4. The minimum atomic E-state index is -0.752. The molecule has 0 radical (unpaired) electrons. The van der Waals surface area contributed by atoms with Crippen LogP contribution in [-0.4, -0.2) is 76.8 Å². The number of benzene rings is 1. The van der Waals surface area contributed by atoms with Gasteiger partial charge < -0.3 is 25.5 Å². The zero-order valence-corrected chi connectivity index (χ0v) is 19.4. The maximum absolute atomic E-state index is 15.3. The van der Waals surface area contributed by atoms with Crippen molar-refractivity contribution in [2.75, 3.05) is 50.0 Å². The summed E-state index contributed by atoms with van der Waals surface area (Å²) in [6.07, 6.45) is 2.25. The monoisotopic (exact) mass is 469 g/mol. The van der Waals surface area contributed by atoms with Gasteiger partial charge in [0.1, 0.15) is 23.1 Å². The van der Waals surface area contributed by atoms with E-state index < -0.39 is 11.6 Å². The molecule has 3 N–H and O–H groups in total. The molecule has 10 heteroatoms. The van der Waals surface area contributed by atoms with Gasteiger partial charge in [0.15, 0.2) is 11.5 Å². The third-order valence-corrected chi connectivity index (χ3v) is 6.79. The average Bonchev–Trinajstić information content (AvgIpc) is 3.22. The van der Waals surface area contributed by atoms with Gasteiger partial charge in [-0.15, -0.1) is 0 Å². The molecule has 5 rings (SSSR count). The molecule has 2 aromatic heterocycles. The van der Waals surface area contributed by atoms with Crippen molar-refractivity contribution in [3.63, 3.8) is 0 Å². The number of aromatic nitrogens is 3. The number of piperazine rings is 1. The van der Waals surface area contributed by atoms with Crippen molar-refractivity contribution < 1.29 is 13.9 Å². The van der Waals surface area contributed by atoms with Crippen molar-refractivity contribution in [2.45, 2.75) is 31.8 Å². The van der Waals surface area contributed by atoms with E-state index in [9.17, 15) is 9.50 Å². The number of nitrogens with one attached hydrogen (secondary N) is 2. The standard InChI is InChI=1S/C24H29F2N7O/c1-14-12-27-8-10-33(14)23-16-11-18(26)21(20-17(25)6-3-7-19(20)34)29-22(16)30-24(31-23)28-13-15-5-4-9-32(15)2/h3,6-7,11,14-15,27,34H,4-5,8-10,12-13H2,1-2H3,(H,28,29,30,31)/t14-,15+/m1/s1. The van der Waals surface area contributed by atoms with E-state index >= 15 is 4.39 Å². The zero-order valence-electron chi connectivity index (χ0n) is 19.4. The van der Waals surface area contributed by atoms with Gasteiger partial charge in [0, 0.05) is 38.3 Å². The molecule has 2 aliphatic heterocycles. The van der Waals surface area contributed by atoms with Crippen LogP contribution >= 0.6 is 0 Å². The molecular weight excluding hydrogens is 440 g/mol. The highest BCUT2D eigenvalue weighted by atomic mass is 19.1. The van der Waals surface area contributed by atoms with E-state index in [1.54, 1.807) is 0 Å². The van der Waals surface area contributed by atoms with Crippen molar-refractivity contribution in [3.8, 4) is 17.0 Å². The van der Waals surface area contributed by atoms with Crippen LogP contribution in [0.1, 0.15) is 19.8 Å². The molecule has 2 saturated heterocycles. The number of hydrogen-bond donors (Lipinski definition) is 3. The van der Waals surface area contributed by atoms with Gasteiger partial charge in [0.05, 0.1) is 10.9 Å². The molecule has 34 heavy (non-hydrogen) atoms. The molecule has 0 amide bonds. The molecule has 0 saturated carbocycles. The van der Waals surface area contributed by atoms with Crippen molar-refractivity contribution in [2.24, 2.45) is 0 Å². The maximum atomic E-state index is 15.3. The average molecular weight is 470 g/mol. The number of likely N-dealkylation sites (N-methyl/N-ethyl adjacent to an activating group) is 1. The van der Waals surface area contributed by atoms with Gasteiger partial charge in [-0.3, -0.25) is 0 Å². The highest BCUT2D eigenvalue weighted by molar-refractivity contribution is 5.90. The number of anilines is 2. The summed E-state index contributed by atoms with van der Waals surface area (Å²) >= 11 is 0. The fourth-order valence-corrected chi connectivity index (χ4v) is 4.84. The number of halogens is 2. The molecule has 4 heterocycles. The Labute approximate surface area is 197 Å². The van der Waals surface area contributed by atoms with E-state index in [4.69, 9.17) is 4.98 Å². The van der Waals surface area contributed by atoms with Gasteiger partial charge in [0.25, 0.3) is 0 Å². The smallest absolute Gasteiger partial charge is 0.226 e. The van der Waals surface area contributed by atoms with Gasteiger partial charge >= 0.3 is 0 Å². The molecule has 2 fully saturated rings. The van der Waals surface area contributed by atoms with Crippen LogP contribution in [-0.2, 0) is 0 Å². The molecule has 0 spiro atoms. The van der Waals surface area contributed by atoms with Crippen molar-refractivity contribution in [1.82, 2.24) is 25.2 Å². The van der Waals surface area contributed by atoms with Crippen molar-refractivity contribution in [1.29, 1.82) is 0 Å². The lowest BCUT2D eigenvalue weighted by Crippen LogP contribution is -2.50. The van der Waals surface area contributed by atoms with E-state index in [1.807, 2.05) is 0 Å². The molecule has 8 nitrogen and oxygen atoms in total. The number of likely N-dealkylation sites (tertiary alicyclic amines) is 1. The zero-order chi connectivity index (χ0) is 23.8. The third-order valence-electron chi connectivity index (χ3n) is 6.79. The first-order valence-corrected chi connectivity index (χ1v) is 11.7. The summed E-state index contributed by atoms with van der Waals surface area (Å²) in [6.45, 7) is 6.08. The summed E-state index contributed by atoms with van der Waals surface area (Å²) in [5, 5.41) is 17.4. The first kappa shape index (κ1) is 22.7. The Hall–Kier alpha value is -3.11. The molecule has 1 aromatic carbocycles. The first-order valence-electron chi connectivity index (χ1n) is 11.7. The Bertz CT molecular complexity index is 1190. The van der Waals surface area contributed by atoms with E-state index in [0.717, 1.165) is 32.5 Å². The highest BCUT2D eigenvalue weighted by Crippen LogP contribution is 2.35. The van der Waals surface area contributed by atoms with Crippen LogP contribution in [0.15, 0.2) is 24.3 Å². The highest BCUT2D eigenvalue weighted by Gasteiger charge is 2.26. The predicted octanol–water partition coefficient (Wildman–Crippen LogP) is 2.98. The lowest BCUT2D eigenvalue weighted by Gasteiger charge is -2.35. The van der Waals surface area contributed by atoms with Crippen LogP contribution < -0.4 is 15.5 Å². The van der Waals surface area contributed by atoms with Crippen LogP contribution in [0.3, 0.4) is 0 Å². The number of nitrogens with zero attached hydrogens (tertiary/aromatic N) is 5. The summed E-state index contributed by atoms with van der Waals surface area (Å²) in [6, 6.07) is 5.65. The second-order valence-corrected chi connectivity index (χ2v) is 9.10. The Kier molecular flexibility index (Phi) is 6.18. The van der Waals surface area contributed by atoms with E-state index in [2.05, 4.69) is 44.4 Å². The van der Waals surface area contributed by atoms with Gasteiger partial charge in [-0.1, -0.05) is 6.07 Å². The number of phenolic OH excluding ortho intramolecular Hbond substituents is 1. The summed E-state index contributed by atoms with van der Waals surface area (Å²) in [5.41, 5.74) is -0.306. The summed E-state index contributed by atoms with van der Waals surface area (Å²) < 4.78 is 29.8. The Morgan fingerprint density at radius 2 is 2.03 bits per heavy atom. The third kappa shape index (κ3) is 4.23. The SMILES string of the molecule is C[C@@H]1CNCCN1c1nc(NC[C@@H]2CCCN2C)nc2nc(-c3c(O)cccc3F)c(F)cc12. The van der Waals surface area contributed by atoms with Gasteiger partial charge in [-0.05, 0) is 51.6 Å². The molecular formula is C24H29F2N7O. The number of fused-ring (bicyclic) bond motifs is 1. The molecule has 2 aliphatic rings. The van der Waals surface area contributed by atoms with Crippen LogP contribution in [0.4, 0.5) is 20.5 Å². The van der Waals surface area contributed by atoms with E-state index in [1.165, 1.54) is 24.3 Å². The second kappa shape index (κ2) is 9.27. The molecule has 0 aliphatic carbocycles. The number of pyridine rings is 1. The lowest BCUT2D eigenvalue weighted by atomic mass is 10.1. The molecule has 180 valence electrons. The van der Waals surface area contributed by atoms with Gasteiger partial charge in [0.2, 0.25) is 5.95 Å². The minimum absolute atomic E-state index is 0.138. The topological polar surface area (TPSA) is 89.4 Å². The number of aromatic hydroxyl groups is 1. The van der Waals surface area contributed by atoms with Crippen molar-refractivity contribution >= 4 is 22.8 Å². The molecule has 0 bridgehead atoms. The Balaban J connectivity index is 1.61. The number of rotatable bonds is 5. The predicted molar refractivity (Wildman–Crippen MR) is 128 cm³/mol. The van der Waals surface area contributed by atoms with E-state index in [-0.39, 0.29) is 28.7 Å². The van der Waals surface area contributed by atoms with Gasteiger partial charge in [-0.25, -0.2) is 13.8 Å². The normalized spacial score (nSPS) is 21.4. The van der Waals surface area contributed by atoms with E-state index in [0.29, 0.717) is 36.3 Å². The van der Waals surface area contributed by atoms with Crippen LogP contribution in [0.2, 0.25) is 0 Å². The Morgan fingerprint density at radius 3 is 2.76 bits per heavy atom. The number of phenols is 1. The largest absolute Gasteiger partial charge is 0.507 e. The summed E-state index contributed by atoms with van der Waals surface area (Å²) in [4.78, 5) is 18.1. The lowest BCUT2D eigenvalue weighted by molar-refractivity contribution is 0.322. The molecule has 0 unspecified atom stereocenters. The van der Waals surface area contributed by atoms with Crippen LogP contribution in [0, 0.1) is 11.6 Å².